The highest BCUT2D eigenvalue weighted by Gasteiger charge is 2.01. The van der Waals surface area contributed by atoms with Crippen molar-refractivity contribution in [3.05, 3.63) is 30.4 Å². The van der Waals surface area contributed by atoms with Gasteiger partial charge in [0, 0.05) is 7.14 Å². The number of halogens is 2. The Hall–Kier alpha value is 0.170. The molecule has 0 unspecified atom stereocenters. The molecule has 1 aromatic rings. The van der Waals surface area contributed by atoms with Crippen molar-refractivity contribution < 1.29 is 0 Å². The van der Waals surface area contributed by atoms with Gasteiger partial charge in [0.05, 0.1) is 11.6 Å². The van der Waals surface area contributed by atoms with E-state index in [2.05, 4.69) is 51.3 Å². The average Bonchev–Trinajstić information content (AvgIpc) is 1.97. The quantitative estimate of drug-likeness (QED) is 0.645. The van der Waals surface area contributed by atoms with Gasteiger partial charge in [0.2, 0.25) is 0 Å². The zero-order chi connectivity index (χ0) is 8.43. The molecule has 1 nitrogen and oxygen atoms in total. The Balaban J connectivity index is 3.35. The van der Waals surface area contributed by atoms with E-state index in [4.69, 9.17) is 5.26 Å². The molecular weight excluding hydrogens is 364 g/mol. The second-order valence-corrected chi connectivity index (χ2v) is 4.52. The van der Waals surface area contributed by atoms with Crippen LogP contribution in [0.25, 0.3) is 0 Å². The summed E-state index contributed by atoms with van der Waals surface area (Å²) in [6.45, 7) is 1.96. The highest BCUT2D eigenvalue weighted by Crippen LogP contribution is 2.19. The van der Waals surface area contributed by atoms with Crippen LogP contribution in [0, 0.1) is 25.4 Å². The summed E-state index contributed by atoms with van der Waals surface area (Å²) in [4.78, 5) is 0. The van der Waals surface area contributed by atoms with Gasteiger partial charge in [-0.05, 0) is 69.8 Å². The van der Waals surface area contributed by atoms with E-state index in [1.54, 1.807) is 0 Å². The number of nitriles is 1. The van der Waals surface area contributed by atoms with Crippen LogP contribution in [0.3, 0.4) is 0 Å². The van der Waals surface area contributed by atoms with E-state index in [0.717, 1.165) is 14.7 Å². The Labute approximate surface area is 93.1 Å². The van der Waals surface area contributed by atoms with E-state index in [-0.39, 0.29) is 0 Å². The molecule has 0 saturated carbocycles. The topological polar surface area (TPSA) is 23.8 Å². The lowest BCUT2D eigenvalue weighted by atomic mass is 10.1. The predicted molar refractivity (Wildman–Crippen MR) is 61.3 cm³/mol. The molecule has 3 heteroatoms. The van der Waals surface area contributed by atoms with Gasteiger partial charge >= 0.3 is 0 Å². The van der Waals surface area contributed by atoms with E-state index in [0.29, 0.717) is 0 Å². The first kappa shape index (κ1) is 9.26. The highest BCUT2D eigenvalue weighted by molar-refractivity contribution is 14.1. The zero-order valence-electron chi connectivity index (χ0n) is 5.86. The third kappa shape index (κ3) is 2.06. The van der Waals surface area contributed by atoms with Gasteiger partial charge in [0.25, 0.3) is 0 Å². The summed E-state index contributed by atoms with van der Waals surface area (Å²) in [6.07, 6.45) is 0. The van der Waals surface area contributed by atoms with Crippen LogP contribution < -0.4 is 0 Å². The molecule has 0 aliphatic carbocycles. The van der Waals surface area contributed by atoms with Crippen molar-refractivity contribution in [1.29, 1.82) is 5.26 Å². The minimum Gasteiger partial charge on any atom is -0.192 e. The summed E-state index contributed by atoms with van der Waals surface area (Å²) in [6, 6.07) is 6.10. The van der Waals surface area contributed by atoms with Crippen molar-refractivity contribution in [3.8, 4) is 6.07 Å². The fourth-order valence-electron chi connectivity index (χ4n) is 0.767. The largest absolute Gasteiger partial charge is 0.192 e. The van der Waals surface area contributed by atoms with Crippen LogP contribution in [0.15, 0.2) is 12.1 Å². The highest BCUT2D eigenvalue weighted by atomic mass is 127. The van der Waals surface area contributed by atoms with Crippen LogP contribution in [0.4, 0.5) is 0 Å². The monoisotopic (exact) mass is 369 g/mol. The van der Waals surface area contributed by atoms with Crippen LogP contribution in [0.5, 0.6) is 0 Å². The Morgan fingerprint density at radius 3 is 2.36 bits per heavy atom. The molecule has 11 heavy (non-hydrogen) atoms. The molecule has 1 aromatic carbocycles. The van der Waals surface area contributed by atoms with Crippen LogP contribution in [0.2, 0.25) is 0 Å². The third-order valence-corrected chi connectivity index (χ3v) is 4.20. The van der Waals surface area contributed by atoms with Crippen LogP contribution in [-0.4, -0.2) is 0 Å². The van der Waals surface area contributed by atoms with Gasteiger partial charge in [-0.15, -0.1) is 0 Å². The zero-order valence-corrected chi connectivity index (χ0v) is 10.2. The molecule has 0 spiro atoms. The summed E-state index contributed by atoms with van der Waals surface area (Å²) >= 11 is 4.50. The van der Waals surface area contributed by atoms with Crippen LogP contribution in [0.1, 0.15) is 11.1 Å². The van der Waals surface area contributed by atoms with Gasteiger partial charge in [0.15, 0.2) is 0 Å². The number of benzene rings is 1. The molecule has 0 heterocycles. The van der Waals surface area contributed by atoms with E-state index < -0.39 is 0 Å². The second-order valence-electron chi connectivity index (χ2n) is 2.19. The van der Waals surface area contributed by atoms with E-state index >= 15 is 0 Å². The lowest BCUT2D eigenvalue weighted by Crippen LogP contribution is -1.87. The molecule has 0 radical (unpaired) electrons. The molecule has 0 aromatic heterocycles. The van der Waals surface area contributed by atoms with Gasteiger partial charge in [-0.3, -0.25) is 0 Å². The van der Waals surface area contributed by atoms with E-state index in [1.165, 1.54) is 3.57 Å². The lowest BCUT2D eigenvalue weighted by Gasteiger charge is -1.99. The molecule has 1 rings (SSSR count). The SMILES string of the molecule is Cc1cc(I)c(I)cc1C#N. The molecule has 56 valence electrons. The Bertz CT molecular complexity index is 326. The maximum atomic E-state index is 8.68. The van der Waals surface area contributed by atoms with Crippen molar-refractivity contribution in [3.63, 3.8) is 0 Å². The van der Waals surface area contributed by atoms with Crippen molar-refractivity contribution >= 4 is 45.2 Å². The first-order chi connectivity index (χ1) is 5.15. The van der Waals surface area contributed by atoms with Gasteiger partial charge in [-0.2, -0.15) is 5.26 Å². The van der Waals surface area contributed by atoms with Gasteiger partial charge < -0.3 is 0 Å². The fraction of sp³-hybridized carbons (Fsp3) is 0.125. The summed E-state index contributed by atoms with van der Waals surface area (Å²) in [5, 5.41) is 8.68. The normalized spacial score (nSPS) is 9.27. The van der Waals surface area contributed by atoms with Crippen LogP contribution >= 0.6 is 45.2 Å². The molecule has 0 aliphatic rings. The standard InChI is InChI=1S/C8H5I2N/c1-5-2-7(9)8(10)3-6(5)4-11/h2-3H,1H3. The minimum absolute atomic E-state index is 0.773. The molecule has 0 N–H and O–H groups in total. The van der Waals surface area contributed by atoms with Gasteiger partial charge in [-0.1, -0.05) is 0 Å². The molecule has 0 amide bonds. The van der Waals surface area contributed by atoms with Crippen molar-refractivity contribution in [2.45, 2.75) is 6.92 Å². The fourth-order valence-corrected chi connectivity index (χ4v) is 1.86. The Morgan fingerprint density at radius 2 is 1.82 bits per heavy atom. The number of rotatable bonds is 0. The smallest absolute Gasteiger partial charge is 0.0994 e. The number of hydrogen-bond donors (Lipinski definition) is 0. The van der Waals surface area contributed by atoms with Crippen molar-refractivity contribution in [2.75, 3.05) is 0 Å². The summed E-state index contributed by atoms with van der Waals surface area (Å²) in [5.74, 6) is 0. The second kappa shape index (κ2) is 3.72. The van der Waals surface area contributed by atoms with Gasteiger partial charge in [-0.25, -0.2) is 0 Å². The molecule has 0 bridgehead atoms. The van der Waals surface area contributed by atoms with E-state index in [1.807, 2.05) is 19.1 Å². The summed E-state index contributed by atoms with van der Waals surface area (Å²) < 4.78 is 2.35. The number of hydrogen-bond acceptors (Lipinski definition) is 1. The maximum Gasteiger partial charge on any atom is 0.0994 e. The Kier molecular flexibility index (Phi) is 3.13. The number of aryl methyl sites for hydroxylation is 1. The number of nitrogens with zero attached hydrogens (tertiary/aromatic N) is 1. The van der Waals surface area contributed by atoms with Crippen molar-refractivity contribution in [1.82, 2.24) is 0 Å². The molecule has 0 atom stereocenters. The Morgan fingerprint density at radius 1 is 1.27 bits per heavy atom. The molecule has 0 aliphatic heterocycles. The summed E-state index contributed by atoms with van der Waals surface area (Å²) in [5.41, 5.74) is 1.83. The van der Waals surface area contributed by atoms with Crippen molar-refractivity contribution in [2.24, 2.45) is 0 Å². The lowest BCUT2D eigenvalue weighted by molar-refractivity contribution is 1.36. The maximum absolute atomic E-state index is 8.68. The van der Waals surface area contributed by atoms with Gasteiger partial charge in [0.1, 0.15) is 0 Å². The predicted octanol–water partition coefficient (Wildman–Crippen LogP) is 3.08. The van der Waals surface area contributed by atoms with Crippen LogP contribution in [-0.2, 0) is 0 Å². The average molecular weight is 369 g/mol. The molecule has 0 fully saturated rings. The molecule has 0 saturated heterocycles. The van der Waals surface area contributed by atoms with E-state index in [9.17, 15) is 0 Å². The third-order valence-electron chi connectivity index (χ3n) is 1.39. The molecular formula is C8H5I2N. The summed E-state index contributed by atoms with van der Waals surface area (Å²) in [7, 11) is 0. The first-order valence-corrected chi connectivity index (χ1v) is 5.16. The first-order valence-electron chi connectivity index (χ1n) is 3.01. The minimum atomic E-state index is 0.773.